The van der Waals surface area contributed by atoms with Gasteiger partial charge in [0.15, 0.2) is 0 Å². The van der Waals surface area contributed by atoms with E-state index in [4.69, 9.17) is 5.26 Å². The van der Waals surface area contributed by atoms with E-state index in [-0.39, 0.29) is 0 Å². The standard InChI is InChI=1S/C17H12N4/c18-12-16-10-11-19-17(21-16)20-15-8-6-14(7-9-15)13-4-2-1-3-5-13/h1-11H,(H,19,20,21). The van der Waals surface area contributed by atoms with Gasteiger partial charge in [0.2, 0.25) is 5.95 Å². The predicted octanol–water partition coefficient (Wildman–Crippen LogP) is 3.76. The zero-order chi connectivity index (χ0) is 14.5. The molecular weight excluding hydrogens is 260 g/mol. The molecule has 0 aliphatic rings. The number of anilines is 2. The fourth-order valence-corrected chi connectivity index (χ4v) is 1.99. The molecule has 0 saturated heterocycles. The van der Waals surface area contributed by atoms with Crippen molar-refractivity contribution in [1.82, 2.24) is 9.97 Å². The van der Waals surface area contributed by atoms with Gasteiger partial charge in [-0.25, -0.2) is 9.97 Å². The van der Waals surface area contributed by atoms with Crippen LogP contribution in [0.3, 0.4) is 0 Å². The lowest BCUT2D eigenvalue weighted by atomic mass is 10.1. The monoisotopic (exact) mass is 272 g/mol. The third-order valence-corrected chi connectivity index (χ3v) is 3.02. The predicted molar refractivity (Wildman–Crippen MR) is 81.9 cm³/mol. The first-order chi connectivity index (χ1) is 10.3. The van der Waals surface area contributed by atoms with E-state index in [2.05, 4.69) is 27.4 Å². The van der Waals surface area contributed by atoms with E-state index < -0.39 is 0 Å². The molecule has 1 aromatic heterocycles. The zero-order valence-corrected chi connectivity index (χ0v) is 11.2. The number of rotatable bonds is 3. The van der Waals surface area contributed by atoms with Crippen LogP contribution in [0.15, 0.2) is 66.9 Å². The number of hydrogen-bond donors (Lipinski definition) is 1. The normalized spacial score (nSPS) is 9.86. The third kappa shape index (κ3) is 3.04. The van der Waals surface area contributed by atoms with Crippen LogP contribution in [0.5, 0.6) is 0 Å². The number of benzene rings is 2. The van der Waals surface area contributed by atoms with Crippen molar-refractivity contribution in [2.45, 2.75) is 0 Å². The van der Waals surface area contributed by atoms with E-state index in [1.54, 1.807) is 12.3 Å². The SMILES string of the molecule is N#Cc1ccnc(Nc2ccc(-c3ccccc3)cc2)n1. The molecule has 1 N–H and O–H groups in total. The summed E-state index contributed by atoms with van der Waals surface area (Å²) in [7, 11) is 0. The molecule has 100 valence electrons. The lowest BCUT2D eigenvalue weighted by molar-refractivity contribution is 1.14. The number of nitrogens with one attached hydrogen (secondary N) is 1. The summed E-state index contributed by atoms with van der Waals surface area (Å²) in [5.41, 5.74) is 3.54. The highest BCUT2D eigenvalue weighted by molar-refractivity contribution is 5.67. The molecule has 0 aliphatic heterocycles. The van der Waals surface area contributed by atoms with Crippen molar-refractivity contribution >= 4 is 11.6 Å². The highest BCUT2D eigenvalue weighted by Gasteiger charge is 2.01. The Balaban J connectivity index is 1.80. The fourth-order valence-electron chi connectivity index (χ4n) is 1.99. The van der Waals surface area contributed by atoms with E-state index in [0.717, 1.165) is 11.3 Å². The van der Waals surface area contributed by atoms with E-state index in [0.29, 0.717) is 11.6 Å². The average molecular weight is 272 g/mol. The van der Waals surface area contributed by atoms with Crippen molar-refractivity contribution in [1.29, 1.82) is 5.26 Å². The summed E-state index contributed by atoms with van der Waals surface area (Å²) in [6, 6.07) is 21.7. The van der Waals surface area contributed by atoms with Crippen LogP contribution >= 0.6 is 0 Å². The first kappa shape index (κ1) is 12.8. The number of nitrogens with zero attached hydrogens (tertiary/aromatic N) is 3. The Morgan fingerprint density at radius 1 is 0.857 bits per heavy atom. The summed E-state index contributed by atoms with van der Waals surface area (Å²) in [6.07, 6.45) is 1.56. The molecule has 0 unspecified atom stereocenters. The van der Waals surface area contributed by atoms with Crippen LogP contribution in [0.4, 0.5) is 11.6 Å². The molecule has 4 heteroatoms. The lowest BCUT2D eigenvalue weighted by Crippen LogP contribution is -1.97. The largest absolute Gasteiger partial charge is 0.324 e. The van der Waals surface area contributed by atoms with Gasteiger partial charge in [-0.15, -0.1) is 0 Å². The van der Waals surface area contributed by atoms with Crippen molar-refractivity contribution in [3.8, 4) is 17.2 Å². The van der Waals surface area contributed by atoms with E-state index in [1.807, 2.05) is 48.5 Å². The van der Waals surface area contributed by atoms with Crippen LogP contribution in [0.2, 0.25) is 0 Å². The third-order valence-electron chi connectivity index (χ3n) is 3.02. The molecular formula is C17H12N4. The molecule has 0 radical (unpaired) electrons. The van der Waals surface area contributed by atoms with Crippen molar-refractivity contribution < 1.29 is 0 Å². The second kappa shape index (κ2) is 5.85. The van der Waals surface area contributed by atoms with Crippen molar-refractivity contribution in [3.05, 3.63) is 72.6 Å². The van der Waals surface area contributed by atoms with Crippen LogP contribution in [0.1, 0.15) is 5.69 Å². The molecule has 3 aromatic rings. The molecule has 2 aromatic carbocycles. The lowest BCUT2D eigenvalue weighted by Gasteiger charge is -2.06. The summed E-state index contributed by atoms with van der Waals surface area (Å²) in [5.74, 6) is 0.418. The minimum absolute atomic E-state index is 0.341. The van der Waals surface area contributed by atoms with Gasteiger partial charge in [-0.1, -0.05) is 42.5 Å². The Bertz CT molecular complexity index is 774. The molecule has 0 amide bonds. The van der Waals surface area contributed by atoms with Gasteiger partial charge in [-0.2, -0.15) is 5.26 Å². The number of hydrogen-bond acceptors (Lipinski definition) is 4. The Labute approximate surface area is 122 Å². The molecule has 0 aliphatic carbocycles. The van der Waals surface area contributed by atoms with Gasteiger partial charge >= 0.3 is 0 Å². The minimum atomic E-state index is 0.341. The molecule has 4 nitrogen and oxygen atoms in total. The van der Waals surface area contributed by atoms with Crippen molar-refractivity contribution in [2.24, 2.45) is 0 Å². The molecule has 0 atom stereocenters. The quantitative estimate of drug-likeness (QED) is 0.788. The molecule has 1 heterocycles. The highest BCUT2D eigenvalue weighted by Crippen LogP contribution is 2.22. The topological polar surface area (TPSA) is 61.6 Å². The van der Waals surface area contributed by atoms with Gasteiger partial charge in [0.05, 0.1) is 0 Å². The van der Waals surface area contributed by atoms with Gasteiger partial charge in [0.25, 0.3) is 0 Å². The van der Waals surface area contributed by atoms with Gasteiger partial charge in [-0.05, 0) is 29.3 Å². The molecule has 21 heavy (non-hydrogen) atoms. The second-order valence-corrected chi connectivity index (χ2v) is 4.45. The maximum absolute atomic E-state index is 8.82. The van der Waals surface area contributed by atoms with Crippen molar-refractivity contribution in [2.75, 3.05) is 5.32 Å². The molecule has 0 bridgehead atoms. The number of nitriles is 1. The van der Waals surface area contributed by atoms with E-state index >= 15 is 0 Å². The van der Waals surface area contributed by atoms with Gasteiger partial charge in [-0.3, -0.25) is 0 Å². The van der Waals surface area contributed by atoms with Crippen LogP contribution in [0.25, 0.3) is 11.1 Å². The summed E-state index contributed by atoms with van der Waals surface area (Å²) in [5, 5.41) is 11.9. The second-order valence-electron chi connectivity index (χ2n) is 4.45. The molecule has 0 spiro atoms. The summed E-state index contributed by atoms with van der Waals surface area (Å²) in [4.78, 5) is 8.17. The summed E-state index contributed by atoms with van der Waals surface area (Å²) in [6.45, 7) is 0. The first-order valence-corrected chi connectivity index (χ1v) is 6.51. The van der Waals surface area contributed by atoms with E-state index in [1.165, 1.54) is 5.56 Å². The van der Waals surface area contributed by atoms with Gasteiger partial charge in [0, 0.05) is 11.9 Å². The summed E-state index contributed by atoms with van der Waals surface area (Å²) >= 11 is 0. The van der Waals surface area contributed by atoms with Gasteiger partial charge < -0.3 is 5.32 Å². The smallest absolute Gasteiger partial charge is 0.228 e. The van der Waals surface area contributed by atoms with Crippen molar-refractivity contribution in [3.63, 3.8) is 0 Å². The Morgan fingerprint density at radius 2 is 1.57 bits per heavy atom. The van der Waals surface area contributed by atoms with Crippen LogP contribution < -0.4 is 5.32 Å². The Morgan fingerprint density at radius 3 is 2.29 bits per heavy atom. The minimum Gasteiger partial charge on any atom is -0.324 e. The molecule has 0 fully saturated rings. The number of aromatic nitrogens is 2. The highest BCUT2D eigenvalue weighted by atomic mass is 15.1. The molecule has 0 saturated carbocycles. The maximum atomic E-state index is 8.82. The van der Waals surface area contributed by atoms with Crippen LogP contribution in [-0.4, -0.2) is 9.97 Å². The Hall–Kier alpha value is -3.19. The van der Waals surface area contributed by atoms with Crippen LogP contribution in [-0.2, 0) is 0 Å². The average Bonchev–Trinajstić information content (AvgIpc) is 2.56. The van der Waals surface area contributed by atoms with Gasteiger partial charge in [0.1, 0.15) is 11.8 Å². The Kier molecular flexibility index (Phi) is 3.57. The zero-order valence-electron chi connectivity index (χ0n) is 11.2. The fraction of sp³-hybridized carbons (Fsp3) is 0. The van der Waals surface area contributed by atoms with Crippen LogP contribution in [0, 0.1) is 11.3 Å². The maximum Gasteiger partial charge on any atom is 0.228 e. The molecule has 3 rings (SSSR count). The first-order valence-electron chi connectivity index (χ1n) is 6.51. The van der Waals surface area contributed by atoms with E-state index in [9.17, 15) is 0 Å². The summed E-state index contributed by atoms with van der Waals surface area (Å²) < 4.78 is 0.